The molecule has 1 aromatic carbocycles. The van der Waals surface area contributed by atoms with Gasteiger partial charge in [0.2, 0.25) is 5.91 Å². The predicted octanol–water partition coefficient (Wildman–Crippen LogP) is 2.76. The zero-order valence-corrected chi connectivity index (χ0v) is 21.0. The molecule has 9 heteroatoms. The molecule has 1 heterocycles. The van der Waals surface area contributed by atoms with E-state index in [1.165, 1.54) is 18.0 Å². The van der Waals surface area contributed by atoms with Crippen LogP contribution in [0.5, 0.6) is 0 Å². The van der Waals surface area contributed by atoms with Crippen molar-refractivity contribution in [2.75, 3.05) is 39.3 Å². The summed E-state index contributed by atoms with van der Waals surface area (Å²) in [5, 5.41) is 8.70. The summed E-state index contributed by atoms with van der Waals surface area (Å²) >= 11 is 0. The van der Waals surface area contributed by atoms with Crippen molar-refractivity contribution in [1.29, 1.82) is 0 Å². The van der Waals surface area contributed by atoms with Gasteiger partial charge in [-0.05, 0) is 48.4 Å². The van der Waals surface area contributed by atoms with Gasteiger partial charge in [0, 0.05) is 31.7 Å². The Kier molecular flexibility index (Phi) is 9.76. The highest BCUT2D eigenvalue weighted by Gasteiger charge is 2.23. The van der Waals surface area contributed by atoms with Crippen LogP contribution in [0.3, 0.4) is 0 Å². The highest BCUT2D eigenvalue weighted by molar-refractivity contribution is 5.80. The molecule has 3 N–H and O–H groups in total. The lowest BCUT2D eigenvalue weighted by molar-refractivity contribution is -0.119. The molecule has 7 nitrogen and oxygen atoms in total. The molecule has 1 fully saturated rings. The van der Waals surface area contributed by atoms with Crippen LogP contribution < -0.4 is 16.0 Å². The molecule has 198 valence electrons. The molecule has 1 aliphatic heterocycles. The number of allylic oxidation sites excluding steroid dienone is 4. The number of nitrogens with zero attached hydrogens (tertiary/aromatic N) is 2. The predicted molar refractivity (Wildman–Crippen MR) is 141 cm³/mol. The lowest BCUT2D eigenvalue weighted by Crippen LogP contribution is -2.44. The molecule has 4 rings (SSSR count). The average molecular weight is 512 g/mol. The zero-order chi connectivity index (χ0) is 26.0. The number of halogens is 2. The van der Waals surface area contributed by atoms with Gasteiger partial charge >= 0.3 is 0 Å². The highest BCUT2D eigenvalue weighted by Crippen LogP contribution is 2.25. The first-order valence-corrected chi connectivity index (χ1v) is 12.8. The van der Waals surface area contributed by atoms with Crippen molar-refractivity contribution in [1.82, 2.24) is 20.9 Å². The van der Waals surface area contributed by atoms with Crippen LogP contribution in [0.2, 0.25) is 0 Å². The van der Waals surface area contributed by atoms with E-state index < -0.39 is 11.6 Å². The van der Waals surface area contributed by atoms with E-state index in [9.17, 15) is 13.6 Å². The molecule has 1 amide bonds. The molecule has 3 aliphatic rings. The second kappa shape index (κ2) is 13.4. The van der Waals surface area contributed by atoms with Crippen molar-refractivity contribution in [3.63, 3.8) is 0 Å². The minimum absolute atomic E-state index is 0.00621. The van der Waals surface area contributed by atoms with E-state index in [0.29, 0.717) is 49.4 Å². The third kappa shape index (κ3) is 8.45. The van der Waals surface area contributed by atoms with Crippen molar-refractivity contribution in [3.05, 3.63) is 83.2 Å². The maximum absolute atomic E-state index is 14.1. The van der Waals surface area contributed by atoms with Crippen molar-refractivity contribution in [2.24, 2.45) is 4.99 Å². The van der Waals surface area contributed by atoms with Crippen LogP contribution in [0.15, 0.2) is 65.5 Å². The van der Waals surface area contributed by atoms with Gasteiger partial charge < -0.3 is 20.7 Å². The molecular weight excluding hydrogens is 476 g/mol. The molecule has 2 unspecified atom stereocenters. The summed E-state index contributed by atoms with van der Waals surface area (Å²) in [6.07, 6.45) is 14.9. The molecule has 1 aromatic rings. The van der Waals surface area contributed by atoms with Gasteiger partial charge in [-0.25, -0.2) is 8.78 Å². The smallest absolute Gasteiger partial charge is 0.239 e. The van der Waals surface area contributed by atoms with Gasteiger partial charge in [0.1, 0.15) is 17.5 Å². The van der Waals surface area contributed by atoms with Crippen molar-refractivity contribution >= 4 is 12.2 Å². The number of carbonyl (C=O) groups is 1. The number of hydrogen-bond donors (Lipinski definition) is 3. The quantitative estimate of drug-likeness (QED) is 0.333. The minimum Gasteiger partial charge on any atom is -0.374 e. The van der Waals surface area contributed by atoms with E-state index in [4.69, 9.17) is 4.74 Å². The lowest BCUT2D eigenvalue weighted by atomic mass is 9.88. The number of benzene rings is 1. The fraction of sp³-hybridized carbons (Fsp3) is 0.429. The van der Waals surface area contributed by atoms with Gasteiger partial charge in [-0.15, -0.1) is 0 Å². The van der Waals surface area contributed by atoms with Gasteiger partial charge in [0.05, 0.1) is 32.1 Å². The van der Waals surface area contributed by atoms with Gasteiger partial charge in [-0.3, -0.25) is 14.7 Å². The summed E-state index contributed by atoms with van der Waals surface area (Å²) in [6, 6.07) is 2.25. The molecule has 2 aliphatic carbocycles. The highest BCUT2D eigenvalue weighted by atomic mass is 19.1. The van der Waals surface area contributed by atoms with E-state index in [1.807, 2.05) is 0 Å². The first-order valence-electron chi connectivity index (χ1n) is 12.8. The SMILES string of the molecule is C=C(NC=NCC1CN(CC2=CC=CCC=C2)CCO1)NC(=O)CNC1CCc2cc(F)cc(F)c2C1. The first kappa shape index (κ1) is 26.9. The Morgan fingerprint density at radius 1 is 1.30 bits per heavy atom. The Hall–Kier alpha value is -3.14. The fourth-order valence-corrected chi connectivity index (χ4v) is 4.76. The van der Waals surface area contributed by atoms with Crippen molar-refractivity contribution < 1.29 is 18.3 Å². The van der Waals surface area contributed by atoms with Crippen molar-refractivity contribution in [2.45, 2.75) is 37.8 Å². The lowest BCUT2D eigenvalue weighted by Gasteiger charge is -2.32. The second-order valence-corrected chi connectivity index (χ2v) is 9.55. The first-order chi connectivity index (χ1) is 18.0. The van der Waals surface area contributed by atoms with Crippen LogP contribution in [-0.2, 0) is 22.4 Å². The number of ether oxygens (including phenoxy) is 1. The van der Waals surface area contributed by atoms with Crippen LogP contribution >= 0.6 is 0 Å². The van der Waals surface area contributed by atoms with Gasteiger partial charge in [-0.1, -0.05) is 37.0 Å². The standard InChI is InChI=1S/C28H35F2N5O2/c1-20(34-28(36)16-32-24-9-8-22-12-23(29)13-27(30)26(22)14-24)33-19-31-15-25-18-35(10-11-37-25)17-21-6-4-2-3-5-7-21/h2,4-7,12-13,19,24-25,32H,1,3,8-11,14-18H2,(H,31,33)(H,34,36). The monoisotopic (exact) mass is 511 g/mol. The summed E-state index contributed by atoms with van der Waals surface area (Å²) in [6.45, 7) is 7.63. The van der Waals surface area contributed by atoms with Crippen LogP contribution in [0.25, 0.3) is 0 Å². The van der Waals surface area contributed by atoms with E-state index in [0.717, 1.165) is 32.1 Å². The maximum Gasteiger partial charge on any atom is 0.239 e. The molecule has 2 atom stereocenters. The number of carbonyl (C=O) groups excluding carboxylic acids is 1. The Bertz CT molecular complexity index is 1100. The number of nitrogens with one attached hydrogen (secondary N) is 3. The summed E-state index contributed by atoms with van der Waals surface area (Å²) in [4.78, 5) is 19.0. The van der Waals surface area contributed by atoms with E-state index >= 15 is 0 Å². The number of aryl methyl sites for hydroxylation is 1. The van der Waals surface area contributed by atoms with E-state index in [1.54, 1.807) is 0 Å². The second-order valence-electron chi connectivity index (χ2n) is 9.55. The number of hydrogen-bond acceptors (Lipinski definition) is 5. The average Bonchev–Trinajstić information content (AvgIpc) is 3.14. The fourth-order valence-electron chi connectivity index (χ4n) is 4.76. The summed E-state index contributed by atoms with van der Waals surface area (Å²) in [5.41, 5.74) is 2.51. The Balaban J connectivity index is 1.12. The van der Waals surface area contributed by atoms with Crippen LogP contribution in [-0.4, -0.2) is 68.6 Å². The summed E-state index contributed by atoms with van der Waals surface area (Å²) in [7, 11) is 0. The third-order valence-electron chi connectivity index (χ3n) is 6.63. The van der Waals surface area contributed by atoms with Crippen molar-refractivity contribution in [3.8, 4) is 0 Å². The van der Waals surface area contributed by atoms with Crippen LogP contribution in [0, 0.1) is 11.6 Å². The number of aliphatic imine (C=N–C) groups is 1. The summed E-state index contributed by atoms with van der Waals surface area (Å²) < 4.78 is 33.3. The van der Waals surface area contributed by atoms with Crippen LogP contribution in [0.4, 0.5) is 8.78 Å². The Morgan fingerprint density at radius 2 is 2.19 bits per heavy atom. The Morgan fingerprint density at radius 3 is 3.08 bits per heavy atom. The number of rotatable bonds is 10. The number of amides is 1. The molecular formula is C28H35F2N5O2. The topological polar surface area (TPSA) is 78.0 Å². The molecule has 0 radical (unpaired) electrons. The van der Waals surface area contributed by atoms with E-state index in [-0.39, 0.29) is 24.6 Å². The molecule has 0 bridgehead atoms. The summed E-state index contributed by atoms with van der Waals surface area (Å²) in [5.74, 6) is -1.03. The number of morpholine rings is 1. The molecule has 37 heavy (non-hydrogen) atoms. The molecule has 0 aromatic heterocycles. The third-order valence-corrected chi connectivity index (χ3v) is 6.63. The van der Waals surface area contributed by atoms with Gasteiger partial charge in [0.25, 0.3) is 0 Å². The van der Waals surface area contributed by atoms with Crippen LogP contribution in [0.1, 0.15) is 24.0 Å². The maximum atomic E-state index is 14.1. The normalized spacial score (nSPS) is 21.8. The number of fused-ring (bicyclic) bond motifs is 1. The van der Waals surface area contributed by atoms with E-state index in [2.05, 4.69) is 62.8 Å². The zero-order valence-electron chi connectivity index (χ0n) is 21.0. The molecule has 0 spiro atoms. The molecule has 1 saturated heterocycles. The largest absolute Gasteiger partial charge is 0.374 e. The minimum atomic E-state index is -0.553. The Labute approximate surface area is 217 Å². The van der Waals surface area contributed by atoms with Gasteiger partial charge in [-0.2, -0.15) is 0 Å². The molecule has 0 saturated carbocycles. The van der Waals surface area contributed by atoms with Gasteiger partial charge in [0.15, 0.2) is 0 Å².